The fourth-order valence-electron chi connectivity index (χ4n) is 3.97. The molecular weight excluding hydrogens is 482 g/mol. The van der Waals surface area contributed by atoms with Crippen molar-refractivity contribution in [1.82, 2.24) is 4.98 Å². The fraction of sp³-hybridized carbons (Fsp3) is 0.258. The van der Waals surface area contributed by atoms with E-state index in [-0.39, 0.29) is 0 Å². The number of ether oxygens (including phenoxy) is 6. The molecule has 4 aromatic rings. The van der Waals surface area contributed by atoms with Gasteiger partial charge in [-0.05, 0) is 53.6 Å². The first-order valence-electron chi connectivity index (χ1n) is 12.7. The molecule has 0 saturated heterocycles. The second-order valence-electron chi connectivity index (χ2n) is 8.71. The van der Waals surface area contributed by atoms with Crippen LogP contribution in [0.3, 0.4) is 0 Å². The Balaban J connectivity index is 1.30. The molecule has 3 aromatic carbocycles. The third-order valence-electron chi connectivity index (χ3n) is 5.81. The highest BCUT2D eigenvalue weighted by Crippen LogP contribution is 2.29. The highest BCUT2D eigenvalue weighted by Gasteiger charge is 2.08. The van der Waals surface area contributed by atoms with Crippen LogP contribution in [0.15, 0.2) is 91.0 Å². The van der Waals surface area contributed by atoms with Crippen molar-refractivity contribution in [2.45, 2.75) is 26.4 Å². The van der Waals surface area contributed by atoms with E-state index in [1.807, 2.05) is 84.9 Å². The van der Waals surface area contributed by atoms with E-state index < -0.39 is 0 Å². The van der Waals surface area contributed by atoms with Gasteiger partial charge in [-0.1, -0.05) is 48.5 Å². The maximum Gasteiger partial charge on any atom is 0.161 e. The Morgan fingerprint density at radius 3 is 1.37 bits per heavy atom. The molecular formula is C31H31NO6. The molecule has 196 valence electrons. The van der Waals surface area contributed by atoms with Crippen molar-refractivity contribution >= 4 is 0 Å². The van der Waals surface area contributed by atoms with E-state index in [1.165, 1.54) is 0 Å². The minimum Gasteiger partial charge on any atom is -0.487 e. The number of hydrogen-bond donors (Lipinski definition) is 0. The lowest BCUT2D eigenvalue weighted by Crippen LogP contribution is -2.10. The first-order chi connectivity index (χ1) is 18.8. The largest absolute Gasteiger partial charge is 0.487 e. The molecule has 7 heteroatoms. The molecule has 5 rings (SSSR count). The first-order valence-corrected chi connectivity index (χ1v) is 12.7. The van der Waals surface area contributed by atoms with E-state index in [4.69, 9.17) is 28.4 Å². The van der Waals surface area contributed by atoms with E-state index in [0.29, 0.717) is 75.9 Å². The average Bonchev–Trinajstić information content (AvgIpc) is 2.96. The molecule has 0 atom stereocenters. The molecule has 0 radical (unpaired) electrons. The summed E-state index contributed by atoms with van der Waals surface area (Å²) in [4.78, 5) is 4.62. The molecule has 1 aliphatic heterocycles. The standard InChI is InChI=1S/C31H31NO6/c1-3-13-30-28(11-1)35-17-15-33-22-26-9-6-10-27(32-26)23-34-16-18-36-29-12-2-4-14-31(29)38-21-25-8-5-7-24(19-25)20-37-30/h1-14,19H,15-18,20-23H2. The summed E-state index contributed by atoms with van der Waals surface area (Å²) in [7, 11) is 0. The van der Waals surface area contributed by atoms with Gasteiger partial charge in [-0.15, -0.1) is 0 Å². The maximum absolute atomic E-state index is 6.10. The molecule has 0 fully saturated rings. The minimum atomic E-state index is 0.394. The summed E-state index contributed by atoms with van der Waals surface area (Å²) < 4.78 is 35.7. The molecule has 1 aromatic heterocycles. The normalized spacial score (nSPS) is 15.2. The van der Waals surface area contributed by atoms with Crippen LogP contribution in [0.2, 0.25) is 0 Å². The number of para-hydroxylation sites is 4. The van der Waals surface area contributed by atoms with Crippen LogP contribution in [-0.4, -0.2) is 31.4 Å². The molecule has 7 nitrogen and oxygen atoms in total. The second kappa shape index (κ2) is 13.5. The van der Waals surface area contributed by atoms with Crippen LogP contribution in [0.5, 0.6) is 23.0 Å². The van der Waals surface area contributed by atoms with E-state index in [0.717, 1.165) is 22.5 Å². The summed E-state index contributed by atoms with van der Waals surface area (Å²) in [5, 5.41) is 0. The van der Waals surface area contributed by atoms with Crippen LogP contribution in [0.4, 0.5) is 0 Å². The number of benzene rings is 3. The zero-order valence-electron chi connectivity index (χ0n) is 21.2. The quantitative estimate of drug-likeness (QED) is 0.297. The second-order valence-corrected chi connectivity index (χ2v) is 8.71. The average molecular weight is 514 g/mol. The van der Waals surface area contributed by atoms with Crippen molar-refractivity contribution < 1.29 is 28.4 Å². The number of nitrogens with zero attached hydrogens (tertiary/aromatic N) is 1. The Hall–Kier alpha value is -4.07. The van der Waals surface area contributed by atoms with Crippen molar-refractivity contribution in [2.24, 2.45) is 0 Å². The van der Waals surface area contributed by atoms with Crippen LogP contribution < -0.4 is 18.9 Å². The molecule has 0 spiro atoms. The summed E-state index contributed by atoms with van der Waals surface area (Å²) in [6.07, 6.45) is 0. The van der Waals surface area contributed by atoms with E-state index in [9.17, 15) is 0 Å². The number of aromatic nitrogens is 1. The topological polar surface area (TPSA) is 68.3 Å². The Labute approximate surface area is 222 Å². The summed E-state index contributed by atoms with van der Waals surface area (Å²) >= 11 is 0. The lowest BCUT2D eigenvalue weighted by Gasteiger charge is -2.15. The SMILES string of the molecule is c1cc2cc(c1)COc1ccccc1OCCOCc1cccc(n1)COCCOc1ccccc1OC2. The lowest BCUT2D eigenvalue weighted by atomic mass is 10.1. The van der Waals surface area contributed by atoms with E-state index >= 15 is 0 Å². The fourth-order valence-corrected chi connectivity index (χ4v) is 3.97. The van der Waals surface area contributed by atoms with Gasteiger partial charge in [0.2, 0.25) is 0 Å². The number of pyridine rings is 1. The van der Waals surface area contributed by atoms with Gasteiger partial charge in [0.05, 0.1) is 37.8 Å². The van der Waals surface area contributed by atoms with Gasteiger partial charge in [0.25, 0.3) is 0 Å². The van der Waals surface area contributed by atoms with Crippen LogP contribution in [0.25, 0.3) is 0 Å². The Morgan fingerprint density at radius 2 is 0.868 bits per heavy atom. The zero-order valence-corrected chi connectivity index (χ0v) is 21.2. The van der Waals surface area contributed by atoms with Gasteiger partial charge >= 0.3 is 0 Å². The molecule has 0 amide bonds. The van der Waals surface area contributed by atoms with Gasteiger partial charge in [0.1, 0.15) is 26.4 Å². The third-order valence-corrected chi connectivity index (χ3v) is 5.81. The Kier molecular flexibility index (Phi) is 9.06. The Bertz CT molecular complexity index is 1220. The number of fused-ring (bicyclic) bond motifs is 6. The highest BCUT2D eigenvalue weighted by molar-refractivity contribution is 5.40. The van der Waals surface area contributed by atoms with Gasteiger partial charge in [-0.3, -0.25) is 4.98 Å². The maximum atomic E-state index is 6.10. The Morgan fingerprint density at radius 1 is 0.421 bits per heavy atom. The zero-order chi connectivity index (χ0) is 25.8. The van der Waals surface area contributed by atoms with Gasteiger partial charge in [-0.25, -0.2) is 0 Å². The van der Waals surface area contributed by atoms with Crippen LogP contribution in [0.1, 0.15) is 22.5 Å². The molecule has 4 bridgehead atoms. The molecule has 0 saturated carbocycles. The van der Waals surface area contributed by atoms with Crippen LogP contribution in [0, 0.1) is 0 Å². The van der Waals surface area contributed by atoms with Gasteiger partial charge in [-0.2, -0.15) is 0 Å². The van der Waals surface area contributed by atoms with Crippen molar-refractivity contribution in [3.63, 3.8) is 0 Å². The lowest BCUT2D eigenvalue weighted by molar-refractivity contribution is 0.0806. The van der Waals surface area contributed by atoms with E-state index in [2.05, 4.69) is 11.1 Å². The van der Waals surface area contributed by atoms with Crippen LogP contribution >= 0.6 is 0 Å². The van der Waals surface area contributed by atoms with Gasteiger partial charge in [0.15, 0.2) is 23.0 Å². The molecule has 0 unspecified atom stereocenters. The summed E-state index contributed by atoms with van der Waals surface area (Å²) in [6, 6.07) is 29.3. The number of rotatable bonds is 0. The predicted molar refractivity (Wildman–Crippen MR) is 143 cm³/mol. The van der Waals surface area contributed by atoms with Crippen molar-refractivity contribution in [1.29, 1.82) is 0 Å². The summed E-state index contributed by atoms with van der Waals surface area (Å²) in [5.74, 6) is 2.73. The highest BCUT2D eigenvalue weighted by atomic mass is 16.5. The molecule has 0 N–H and O–H groups in total. The summed E-state index contributed by atoms with van der Waals surface area (Å²) in [6.45, 7) is 3.26. The van der Waals surface area contributed by atoms with Crippen molar-refractivity contribution in [3.05, 3.63) is 114 Å². The molecule has 1 aliphatic rings. The van der Waals surface area contributed by atoms with Crippen molar-refractivity contribution in [2.75, 3.05) is 26.4 Å². The molecule has 0 aliphatic carbocycles. The molecule has 2 heterocycles. The summed E-state index contributed by atoms with van der Waals surface area (Å²) in [5.41, 5.74) is 3.76. The van der Waals surface area contributed by atoms with Gasteiger partial charge < -0.3 is 28.4 Å². The molecule has 38 heavy (non-hydrogen) atoms. The smallest absolute Gasteiger partial charge is 0.161 e. The van der Waals surface area contributed by atoms with Crippen LogP contribution in [-0.2, 0) is 35.9 Å². The minimum absolute atomic E-state index is 0.394. The monoisotopic (exact) mass is 513 g/mol. The number of hydrogen-bond acceptors (Lipinski definition) is 7. The van der Waals surface area contributed by atoms with Crippen molar-refractivity contribution in [3.8, 4) is 23.0 Å². The third kappa shape index (κ3) is 7.47. The van der Waals surface area contributed by atoms with E-state index in [1.54, 1.807) is 0 Å². The first kappa shape index (κ1) is 25.6. The predicted octanol–water partition coefficient (Wildman–Crippen LogP) is 5.74. The van der Waals surface area contributed by atoms with Gasteiger partial charge in [0, 0.05) is 0 Å².